The molecule has 0 saturated heterocycles. The van der Waals surface area contributed by atoms with Gasteiger partial charge in [-0.25, -0.2) is 4.98 Å². The van der Waals surface area contributed by atoms with Crippen LogP contribution in [0.25, 0.3) is 33.5 Å². The number of fused-ring (bicyclic) bond motifs is 1. The lowest BCUT2D eigenvalue weighted by Crippen LogP contribution is -1.79. The summed E-state index contributed by atoms with van der Waals surface area (Å²) < 4.78 is 1.25. The van der Waals surface area contributed by atoms with Crippen LogP contribution in [0.4, 0.5) is 0 Å². The molecule has 0 bridgehead atoms. The molecule has 2 heteroatoms. The summed E-state index contributed by atoms with van der Waals surface area (Å²) in [4.78, 5) is 4.73. The highest BCUT2D eigenvalue weighted by Gasteiger charge is 2.04. The van der Waals surface area contributed by atoms with Crippen molar-refractivity contribution in [3.8, 4) is 11.1 Å². The SMILES string of the molecule is Cc1cc2nc(/C=C/c3ccc(-c4ccccc4)cc3)sc2cc1C. The van der Waals surface area contributed by atoms with Crippen molar-refractivity contribution in [3.63, 3.8) is 0 Å². The van der Waals surface area contributed by atoms with E-state index < -0.39 is 0 Å². The Bertz CT molecular complexity index is 1000. The zero-order chi connectivity index (χ0) is 17.2. The van der Waals surface area contributed by atoms with E-state index in [2.05, 4.69) is 86.7 Å². The van der Waals surface area contributed by atoms with Gasteiger partial charge in [0.2, 0.25) is 0 Å². The molecule has 0 saturated carbocycles. The maximum absolute atomic E-state index is 4.73. The topological polar surface area (TPSA) is 12.9 Å². The van der Waals surface area contributed by atoms with Crippen molar-refractivity contribution in [1.29, 1.82) is 0 Å². The predicted octanol–water partition coefficient (Wildman–Crippen LogP) is 6.75. The van der Waals surface area contributed by atoms with Crippen molar-refractivity contribution in [1.82, 2.24) is 4.98 Å². The van der Waals surface area contributed by atoms with E-state index in [0.717, 1.165) is 10.5 Å². The molecule has 4 rings (SSSR count). The number of aromatic nitrogens is 1. The van der Waals surface area contributed by atoms with Gasteiger partial charge in [-0.1, -0.05) is 60.7 Å². The second-order valence-electron chi connectivity index (χ2n) is 6.28. The Labute approximate surface area is 152 Å². The Morgan fingerprint density at radius 3 is 2.20 bits per heavy atom. The summed E-state index contributed by atoms with van der Waals surface area (Å²) in [6.45, 7) is 4.29. The zero-order valence-corrected chi connectivity index (χ0v) is 15.2. The molecule has 0 aliphatic carbocycles. The Morgan fingerprint density at radius 1 is 0.760 bits per heavy atom. The van der Waals surface area contributed by atoms with Crippen LogP contribution < -0.4 is 0 Å². The molecule has 122 valence electrons. The monoisotopic (exact) mass is 341 g/mol. The van der Waals surface area contributed by atoms with E-state index in [1.807, 2.05) is 6.07 Å². The smallest absolute Gasteiger partial charge is 0.117 e. The predicted molar refractivity (Wildman–Crippen MR) is 110 cm³/mol. The third-order valence-electron chi connectivity index (χ3n) is 4.46. The summed E-state index contributed by atoms with van der Waals surface area (Å²) in [5, 5.41) is 1.05. The van der Waals surface area contributed by atoms with Crippen LogP contribution in [0.5, 0.6) is 0 Å². The highest BCUT2D eigenvalue weighted by Crippen LogP contribution is 2.26. The Hall–Kier alpha value is -2.71. The number of hydrogen-bond acceptors (Lipinski definition) is 2. The number of rotatable bonds is 3. The fourth-order valence-corrected chi connectivity index (χ4v) is 3.80. The van der Waals surface area contributed by atoms with E-state index in [9.17, 15) is 0 Å². The van der Waals surface area contributed by atoms with E-state index in [1.54, 1.807) is 11.3 Å². The lowest BCUT2D eigenvalue weighted by molar-refractivity contribution is 1.35. The van der Waals surface area contributed by atoms with Crippen molar-refractivity contribution in [3.05, 3.63) is 88.4 Å². The molecule has 25 heavy (non-hydrogen) atoms. The Balaban J connectivity index is 1.57. The van der Waals surface area contributed by atoms with Gasteiger partial charge in [0.15, 0.2) is 0 Å². The van der Waals surface area contributed by atoms with Gasteiger partial charge in [0.25, 0.3) is 0 Å². The van der Waals surface area contributed by atoms with Crippen LogP contribution in [0.3, 0.4) is 0 Å². The third kappa shape index (κ3) is 3.40. The van der Waals surface area contributed by atoms with Crippen molar-refractivity contribution < 1.29 is 0 Å². The first kappa shape index (κ1) is 15.8. The zero-order valence-electron chi connectivity index (χ0n) is 14.4. The fraction of sp³-hybridized carbons (Fsp3) is 0.0870. The van der Waals surface area contributed by atoms with Gasteiger partial charge < -0.3 is 0 Å². The van der Waals surface area contributed by atoms with Crippen molar-refractivity contribution in [2.75, 3.05) is 0 Å². The Morgan fingerprint density at radius 2 is 1.44 bits per heavy atom. The minimum atomic E-state index is 1.05. The van der Waals surface area contributed by atoms with Gasteiger partial charge in [0, 0.05) is 0 Å². The molecule has 0 spiro atoms. The highest BCUT2D eigenvalue weighted by atomic mass is 32.1. The van der Waals surface area contributed by atoms with Crippen molar-refractivity contribution >= 4 is 33.7 Å². The summed E-state index contributed by atoms with van der Waals surface area (Å²) in [6.07, 6.45) is 4.24. The van der Waals surface area contributed by atoms with Crippen LogP contribution >= 0.6 is 11.3 Å². The number of thiazole rings is 1. The van der Waals surface area contributed by atoms with Gasteiger partial charge in [-0.05, 0) is 59.9 Å². The standard InChI is InChI=1S/C23H19NS/c1-16-14-21-22(15-17(16)2)25-23(24-21)13-10-18-8-11-20(12-9-18)19-6-4-3-5-7-19/h3-15H,1-2H3/b13-10+. The first-order valence-electron chi connectivity index (χ1n) is 8.40. The van der Waals surface area contributed by atoms with E-state index in [4.69, 9.17) is 4.98 Å². The molecule has 0 fully saturated rings. The first-order valence-corrected chi connectivity index (χ1v) is 9.22. The van der Waals surface area contributed by atoms with Gasteiger partial charge in [-0.3, -0.25) is 0 Å². The molecule has 0 unspecified atom stereocenters. The maximum Gasteiger partial charge on any atom is 0.117 e. The molecule has 0 radical (unpaired) electrons. The number of aryl methyl sites for hydroxylation is 2. The molecule has 3 aromatic carbocycles. The molecule has 0 aliphatic rings. The molecular weight excluding hydrogens is 322 g/mol. The van der Waals surface area contributed by atoms with Gasteiger partial charge >= 0.3 is 0 Å². The van der Waals surface area contributed by atoms with Crippen LogP contribution in [0.1, 0.15) is 21.7 Å². The summed E-state index contributed by atoms with van der Waals surface area (Å²) in [6, 6.07) is 23.5. The Kier molecular flexibility index (Phi) is 4.21. The largest absolute Gasteiger partial charge is 0.237 e. The molecule has 1 heterocycles. The average Bonchev–Trinajstić information content (AvgIpc) is 3.03. The fourth-order valence-electron chi connectivity index (χ4n) is 2.85. The molecular formula is C23H19NS. The number of nitrogens with zero attached hydrogens (tertiary/aromatic N) is 1. The maximum atomic E-state index is 4.73. The van der Waals surface area contributed by atoms with Crippen LogP contribution in [0, 0.1) is 13.8 Å². The normalized spacial score (nSPS) is 11.4. The molecule has 1 aromatic heterocycles. The van der Waals surface area contributed by atoms with Crippen LogP contribution in [-0.4, -0.2) is 4.98 Å². The quantitative estimate of drug-likeness (QED) is 0.401. The van der Waals surface area contributed by atoms with Crippen molar-refractivity contribution in [2.45, 2.75) is 13.8 Å². The molecule has 1 nitrogen and oxygen atoms in total. The first-order chi connectivity index (χ1) is 12.2. The highest BCUT2D eigenvalue weighted by molar-refractivity contribution is 7.19. The molecule has 0 aliphatic heterocycles. The molecule has 0 amide bonds. The third-order valence-corrected chi connectivity index (χ3v) is 5.44. The number of benzene rings is 3. The second-order valence-corrected chi connectivity index (χ2v) is 7.34. The van der Waals surface area contributed by atoms with E-state index >= 15 is 0 Å². The van der Waals surface area contributed by atoms with E-state index in [0.29, 0.717) is 0 Å². The van der Waals surface area contributed by atoms with Gasteiger partial charge in [0.1, 0.15) is 5.01 Å². The molecule has 0 N–H and O–H groups in total. The van der Waals surface area contributed by atoms with Gasteiger partial charge in [-0.15, -0.1) is 11.3 Å². The molecule has 4 aromatic rings. The number of hydrogen-bond donors (Lipinski definition) is 0. The average molecular weight is 341 g/mol. The summed E-state index contributed by atoms with van der Waals surface area (Å²) in [5.41, 5.74) is 7.38. The van der Waals surface area contributed by atoms with Crippen molar-refractivity contribution in [2.24, 2.45) is 0 Å². The van der Waals surface area contributed by atoms with Crippen LogP contribution in [-0.2, 0) is 0 Å². The summed E-state index contributed by atoms with van der Waals surface area (Å²) in [5.74, 6) is 0. The lowest BCUT2D eigenvalue weighted by atomic mass is 10.0. The summed E-state index contributed by atoms with van der Waals surface area (Å²) >= 11 is 1.74. The van der Waals surface area contributed by atoms with Gasteiger partial charge in [-0.2, -0.15) is 0 Å². The minimum Gasteiger partial charge on any atom is -0.237 e. The van der Waals surface area contributed by atoms with E-state index in [1.165, 1.54) is 32.5 Å². The van der Waals surface area contributed by atoms with Crippen LogP contribution in [0.2, 0.25) is 0 Å². The molecule has 0 atom stereocenters. The summed E-state index contributed by atoms with van der Waals surface area (Å²) in [7, 11) is 0. The minimum absolute atomic E-state index is 1.05. The lowest BCUT2D eigenvalue weighted by Gasteiger charge is -2.01. The van der Waals surface area contributed by atoms with Gasteiger partial charge in [0.05, 0.1) is 10.2 Å². The van der Waals surface area contributed by atoms with E-state index in [-0.39, 0.29) is 0 Å². The second kappa shape index (κ2) is 6.66. The van der Waals surface area contributed by atoms with Crippen LogP contribution in [0.15, 0.2) is 66.7 Å².